The quantitative estimate of drug-likeness (QED) is 0.572. The Labute approximate surface area is 161 Å². The van der Waals surface area contributed by atoms with Crippen LogP contribution in [-0.4, -0.2) is 54.6 Å². The number of sulfonamides is 1. The molecule has 1 heterocycles. The summed E-state index contributed by atoms with van der Waals surface area (Å²) in [4.78, 5) is 24.1. The van der Waals surface area contributed by atoms with Gasteiger partial charge >= 0.3 is 0 Å². The van der Waals surface area contributed by atoms with Crippen LogP contribution in [0.5, 0.6) is 0 Å². The Morgan fingerprint density at radius 2 is 1.68 bits per heavy atom. The molecule has 28 heavy (non-hydrogen) atoms. The van der Waals surface area contributed by atoms with Gasteiger partial charge in [-0.15, -0.1) is 0 Å². The molecule has 3 rings (SSSR count). The second kappa shape index (κ2) is 8.03. The van der Waals surface area contributed by atoms with Crippen LogP contribution >= 0.6 is 0 Å². The molecule has 1 fully saturated rings. The van der Waals surface area contributed by atoms with E-state index in [1.54, 1.807) is 6.07 Å². The summed E-state index contributed by atoms with van der Waals surface area (Å²) in [7, 11) is -3.85. The minimum atomic E-state index is -3.85. The lowest BCUT2D eigenvalue weighted by Gasteiger charge is -2.22. The predicted molar refractivity (Wildman–Crippen MR) is 98.8 cm³/mol. The summed E-state index contributed by atoms with van der Waals surface area (Å²) in [6.45, 7) is 0.679. The van der Waals surface area contributed by atoms with E-state index in [2.05, 4.69) is 0 Å². The zero-order valence-electron chi connectivity index (χ0n) is 14.8. The molecule has 2 aromatic carbocycles. The van der Waals surface area contributed by atoms with Crippen LogP contribution in [0.4, 0.5) is 10.1 Å². The average molecular weight is 407 g/mol. The average Bonchev–Trinajstić information content (AvgIpc) is 2.95. The van der Waals surface area contributed by atoms with Gasteiger partial charge in [-0.25, -0.2) is 12.8 Å². The van der Waals surface area contributed by atoms with Crippen molar-refractivity contribution >= 4 is 21.6 Å². The molecule has 0 aliphatic carbocycles. The summed E-state index contributed by atoms with van der Waals surface area (Å²) in [6, 6.07) is 10.3. The van der Waals surface area contributed by atoms with Gasteiger partial charge in [0.05, 0.1) is 15.4 Å². The van der Waals surface area contributed by atoms with Crippen molar-refractivity contribution in [2.45, 2.75) is 11.3 Å². The van der Waals surface area contributed by atoms with Crippen molar-refractivity contribution in [2.24, 2.45) is 0 Å². The summed E-state index contributed by atoms with van der Waals surface area (Å²) < 4.78 is 40.7. The Bertz CT molecular complexity index is 995. The summed E-state index contributed by atoms with van der Waals surface area (Å²) >= 11 is 0. The van der Waals surface area contributed by atoms with Crippen LogP contribution in [0, 0.1) is 15.9 Å². The first-order valence-electron chi connectivity index (χ1n) is 8.59. The maximum Gasteiger partial charge on any atom is 0.269 e. The van der Waals surface area contributed by atoms with E-state index in [0.29, 0.717) is 13.0 Å². The fourth-order valence-electron chi connectivity index (χ4n) is 3.03. The van der Waals surface area contributed by atoms with Crippen LogP contribution < -0.4 is 0 Å². The first-order chi connectivity index (χ1) is 13.3. The van der Waals surface area contributed by atoms with Gasteiger partial charge in [-0.05, 0) is 30.7 Å². The summed E-state index contributed by atoms with van der Waals surface area (Å²) in [5, 5.41) is 10.7. The smallest absolute Gasteiger partial charge is 0.269 e. The highest BCUT2D eigenvalue weighted by Crippen LogP contribution is 2.21. The molecule has 0 saturated carbocycles. The molecule has 0 radical (unpaired) electrons. The lowest BCUT2D eigenvalue weighted by Crippen LogP contribution is -2.37. The Balaban J connectivity index is 1.74. The van der Waals surface area contributed by atoms with E-state index >= 15 is 0 Å². The number of hydrogen-bond donors (Lipinski definition) is 0. The number of non-ortho nitro benzene ring substituents is 1. The van der Waals surface area contributed by atoms with Crippen LogP contribution in [0.2, 0.25) is 0 Å². The number of nitrogens with zero attached hydrogens (tertiary/aromatic N) is 3. The summed E-state index contributed by atoms with van der Waals surface area (Å²) in [5.41, 5.74) is -0.245. The van der Waals surface area contributed by atoms with Gasteiger partial charge < -0.3 is 4.90 Å². The number of nitro groups is 1. The van der Waals surface area contributed by atoms with Crippen molar-refractivity contribution in [3.05, 3.63) is 70.0 Å². The van der Waals surface area contributed by atoms with Gasteiger partial charge in [0, 0.05) is 38.3 Å². The van der Waals surface area contributed by atoms with Gasteiger partial charge in [0.15, 0.2) is 0 Å². The number of nitro benzene ring substituents is 1. The predicted octanol–water partition coefficient (Wildman–Crippen LogP) is 2.27. The Morgan fingerprint density at radius 1 is 1.00 bits per heavy atom. The topological polar surface area (TPSA) is 101 Å². The third-order valence-electron chi connectivity index (χ3n) is 4.53. The van der Waals surface area contributed by atoms with Gasteiger partial charge in [0.2, 0.25) is 10.0 Å². The molecule has 10 heteroatoms. The van der Waals surface area contributed by atoms with Crippen molar-refractivity contribution in [3.63, 3.8) is 0 Å². The number of carbonyl (C=O) groups is 1. The molecule has 1 aliphatic rings. The van der Waals surface area contributed by atoms with E-state index in [1.807, 2.05) is 0 Å². The molecule has 148 valence electrons. The molecule has 0 unspecified atom stereocenters. The second-order valence-corrected chi connectivity index (χ2v) is 8.22. The van der Waals surface area contributed by atoms with Gasteiger partial charge in [0.25, 0.3) is 11.6 Å². The number of benzene rings is 2. The molecule has 0 spiro atoms. The van der Waals surface area contributed by atoms with Gasteiger partial charge in [-0.1, -0.05) is 12.1 Å². The van der Waals surface area contributed by atoms with Crippen molar-refractivity contribution in [1.29, 1.82) is 0 Å². The number of rotatable bonds is 4. The van der Waals surface area contributed by atoms with Crippen molar-refractivity contribution in [3.8, 4) is 0 Å². The number of halogens is 1. The SMILES string of the molecule is O=C(c1ccccc1F)N1CCCN(S(=O)(=O)c2ccc([N+](=O)[O-])cc2)CC1. The zero-order chi connectivity index (χ0) is 20.3. The van der Waals surface area contributed by atoms with Crippen LogP contribution in [0.3, 0.4) is 0 Å². The van der Waals surface area contributed by atoms with Crippen LogP contribution in [0.1, 0.15) is 16.8 Å². The van der Waals surface area contributed by atoms with E-state index in [0.717, 1.165) is 12.1 Å². The van der Waals surface area contributed by atoms with Crippen LogP contribution in [-0.2, 0) is 10.0 Å². The number of carbonyl (C=O) groups excluding carboxylic acids is 1. The monoisotopic (exact) mass is 407 g/mol. The van der Waals surface area contributed by atoms with Crippen molar-refractivity contribution in [2.75, 3.05) is 26.2 Å². The van der Waals surface area contributed by atoms with Crippen molar-refractivity contribution in [1.82, 2.24) is 9.21 Å². The molecule has 1 amide bonds. The highest BCUT2D eigenvalue weighted by Gasteiger charge is 2.29. The molecular weight excluding hydrogens is 389 g/mol. The lowest BCUT2D eigenvalue weighted by molar-refractivity contribution is -0.384. The molecule has 2 aromatic rings. The van der Waals surface area contributed by atoms with E-state index in [4.69, 9.17) is 0 Å². The Kier molecular flexibility index (Phi) is 5.71. The molecule has 0 aromatic heterocycles. The molecule has 0 atom stereocenters. The second-order valence-electron chi connectivity index (χ2n) is 6.28. The van der Waals surface area contributed by atoms with E-state index in [1.165, 1.54) is 39.5 Å². The first-order valence-corrected chi connectivity index (χ1v) is 10.0. The molecule has 1 aliphatic heterocycles. The normalized spacial score (nSPS) is 15.8. The molecule has 0 N–H and O–H groups in total. The fourth-order valence-corrected chi connectivity index (χ4v) is 4.50. The number of amides is 1. The fraction of sp³-hybridized carbons (Fsp3) is 0.278. The summed E-state index contributed by atoms with van der Waals surface area (Å²) in [6.07, 6.45) is 0.395. The zero-order valence-corrected chi connectivity index (χ0v) is 15.6. The van der Waals surface area contributed by atoms with Gasteiger partial charge in [0.1, 0.15) is 5.82 Å². The standard InChI is InChI=1S/C18H18FN3O5S/c19-17-5-2-1-4-16(17)18(23)20-10-3-11-21(13-12-20)28(26,27)15-8-6-14(7-9-15)22(24)25/h1-2,4-9H,3,10-13H2. The van der Waals surface area contributed by atoms with Crippen LogP contribution in [0.15, 0.2) is 53.4 Å². The highest BCUT2D eigenvalue weighted by molar-refractivity contribution is 7.89. The first kappa shape index (κ1) is 19.9. The van der Waals surface area contributed by atoms with E-state index < -0.39 is 26.7 Å². The van der Waals surface area contributed by atoms with E-state index in [-0.39, 0.29) is 35.8 Å². The highest BCUT2D eigenvalue weighted by atomic mass is 32.2. The minimum Gasteiger partial charge on any atom is -0.337 e. The Morgan fingerprint density at radius 3 is 2.32 bits per heavy atom. The molecular formula is C18H18FN3O5S. The molecule has 0 bridgehead atoms. The van der Waals surface area contributed by atoms with E-state index in [9.17, 15) is 27.7 Å². The molecule has 1 saturated heterocycles. The number of hydrogen-bond acceptors (Lipinski definition) is 5. The van der Waals surface area contributed by atoms with Gasteiger partial charge in [-0.3, -0.25) is 14.9 Å². The minimum absolute atomic E-state index is 0.0471. The Hall–Kier alpha value is -2.85. The molecule has 8 nitrogen and oxygen atoms in total. The third kappa shape index (κ3) is 4.02. The maximum absolute atomic E-state index is 13.9. The lowest BCUT2D eigenvalue weighted by atomic mass is 10.2. The summed E-state index contributed by atoms with van der Waals surface area (Å²) in [5.74, 6) is -1.10. The van der Waals surface area contributed by atoms with Gasteiger partial charge in [-0.2, -0.15) is 4.31 Å². The maximum atomic E-state index is 13.9. The van der Waals surface area contributed by atoms with Crippen LogP contribution in [0.25, 0.3) is 0 Å². The third-order valence-corrected chi connectivity index (χ3v) is 6.44. The largest absolute Gasteiger partial charge is 0.337 e. The van der Waals surface area contributed by atoms with Crippen molar-refractivity contribution < 1.29 is 22.5 Å².